The van der Waals surface area contributed by atoms with Gasteiger partial charge in [-0.1, -0.05) is 43.7 Å². The van der Waals surface area contributed by atoms with Crippen LogP contribution in [0.5, 0.6) is 0 Å². The number of aromatic amines is 1. The van der Waals surface area contributed by atoms with E-state index in [0.717, 1.165) is 30.4 Å². The Hall–Kier alpha value is -2.10. The normalized spacial score (nSPS) is 10.5. The SMILES string of the molecule is CCCCc1c(-c2ccccc2)nc(N)[nH]c1=O. The van der Waals surface area contributed by atoms with Gasteiger partial charge in [0.1, 0.15) is 0 Å². The Kier molecular flexibility index (Phi) is 3.77. The number of hydrogen-bond acceptors (Lipinski definition) is 3. The monoisotopic (exact) mass is 243 g/mol. The van der Waals surface area contributed by atoms with E-state index < -0.39 is 0 Å². The van der Waals surface area contributed by atoms with Crippen molar-refractivity contribution < 1.29 is 0 Å². The van der Waals surface area contributed by atoms with Crippen LogP contribution in [0.1, 0.15) is 25.3 Å². The van der Waals surface area contributed by atoms with Crippen LogP contribution in [0.3, 0.4) is 0 Å². The molecular formula is C14H17N3O. The van der Waals surface area contributed by atoms with Gasteiger partial charge in [0.25, 0.3) is 5.56 Å². The van der Waals surface area contributed by atoms with Gasteiger partial charge >= 0.3 is 0 Å². The van der Waals surface area contributed by atoms with Crippen molar-refractivity contribution in [1.29, 1.82) is 0 Å². The van der Waals surface area contributed by atoms with Gasteiger partial charge in [-0.05, 0) is 12.8 Å². The molecule has 0 amide bonds. The highest BCUT2D eigenvalue weighted by molar-refractivity contribution is 5.63. The van der Waals surface area contributed by atoms with Gasteiger partial charge in [0.2, 0.25) is 5.95 Å². The van der Waals surface area contributed by atoms with Crippen LogP contribution in [0.15, 0.2) is 35.1 Å². The molecule has 18 heavy (non-hydrogen) atoms. The fourth-order valence-electron chi connectivity index (χ4n) is 1.94. The number of nitrogens with one attached hydrogen (secondary N) is 1. The van der Waals surface area contributed by atoms with Gasteiger partial charge in [0.05, 0.1) is 5.69 Å². The molecule has 0 fully saturated rings. The molecule has 0 saturated carbocycles. The Labute approximate surface area is 106 Å². The molecule has 0 aliphatic carbocycles. The van der Waals surface area contributed by atoms with Crippen molar-refractivity contribution in [2.45, 2.75) is 26.2 Å². The summed E-state index contributed by atoms with van der Waals surface area (Å²) in [6, 6.07) is 9.68. The van der Waals surface area contributed by atoms with Crippen molar-refractivity contribution in [3.63, 3.8) is 0 Å². The molecule has 0 atom stereocenters. The number of nitrogen functional groups attached to an aromatic ring is 1. The smallest absolute Gasteiger partial charge is 0.256 e. The Morgan fingerprint density at radius 3 is 2.67 bits per heavy atom. The number of nitrogens with two attached hydrogens (primary N) is 1. The summed E-state index contributed by atoms with van der Waals surface area (Å²) in [5, 5.41) is 0. The Balaban J connectivity index is 2.54. The van der Waals surface area contributed by atoms with E-state index in [1.807, 2.05) is 30.3 Å². The minimum absolute atomic E-state index is 0.130. The predicted octanol–water partition coefficient (Wildman–Crippen LogP) is 2.36. The third-order valence-corrected chi connectivity index (χ3v) is 2.86. The van der Waals surface area contributed by atoms with Crippen molar-refractivity contribution in [2.24, 2.45) is 0 Å². The van der Waals surface area contributed by atoms with Gasteiger partial charge in [-0.2, -0.15) is 0 Å². The van der Waals surface area contributed by atoms with Crippen molar-refractivity contribution >= 4 is 5.95 Å². The highest BCUT2D eigenvalue weighted by Crippen LogP contribution is 2.20. The molecule has 2 rings (SSSR count). The summed E-state index contributed by atoms with van der Waals surface area (Å²) in [5.74, 6) is 0.166. The van der Waals surface area contributed by atoms with E-state index in [1.54, 1.807) is 0 Å². The fourth-order valence-corrected chi connectivity index (χ4v) is 1.94. The number of aromatic nitrogens is 2. The Morgan fingerprint density at radius 1 is 1.28 bits per heavy atom. The standard InChI is InChI=1S/C14H17N3O/c1-2-3-9-11-12(10-7-5-4-6-8-10)16-14(15)17-13(11)18/h4-8H,2-3,9H2,1H3,(H3,15,16,17,18). The maximum atomic E-state index is 12.0. The first-order valence-corrected chi connectivity index (χ1v) is 6.16. The van der Waals surface area contributed by atoms with Crippen molar-refractivity contribution in [3.8, 4) is 11.3 Å². The Bertz CT molecular complexity index is 575. The van der Waals surface area contributed by atoms with Crippen LogP contribution in [0.4, 0.5) is 5.95 Å². The van der Waals surface area contributed by atoms with Crippen LogP contribution in [0.2, 0.25) is 0 Å². The minimum atomic E-state index is -0.130. The van der Waals surface area contributed by atoms with Crippen molar-refractivity contribution in [1.82, 2.24) is 9.97 Å². The van der Waals surface area contributed by atoms with E-state index in [9.17, 15) is 4.79 Å². The molecule has 1 heterocycles. The van der Waals surface area contributed by atoms with E-state index in [0.29, 0.717) is 5.69 Å². The number of rotatable bonds is 4. The fraction of sp³-hybridized carbons (Fsp3) is 0.286. The predicted molar refractivity (Wildman–Crippen MR) is 73.3 cm³/mol. The minimum Gasteiger partial charge on any atom is -0.369 e. The second-order valence-corrected chi connectivity index (χ2v) is 4.25. The average molecular weight is 243 g/mol. The molecule has 94 valence electrons. The van der Waals surface area contributed by atoms with Gasteiger partial charge in [-0.3, -0.25) is 9.78 Å². The zero-order valence-corrected chi connectivity index (χ0v) is 10.4. The Morgan fingerprint density at radius 2 is 2.00 bits per heavy atom. The number of benzene rings is 1. The first-order chi connectivity index (χ1) is 8.72. The maximum absolute atomic E-state index is 12.0. The lowest BCUT2D eigenvalue weighted by molar-refractivity contribution is 0.784. The average Bonchev–Trinajstić information content (AvgIpc) is 2.38. The summed E-state index contributed by atoms with van der Waals surface area (Å²) < 4.78 is 0. The maximum Gasteiger partial charge on any atom is 0.256 e. The highest BCUT2D eigenvalue weighted by Gasteiger charge is 2.11. The molecule has 0 bridgehead atoms. The van der Waals surface area contributed by atoms with Gasteiger partial charge in [0.15, 0.2) is 0 Å². The first kappa shape index (κ1) is 12.4. The van der Waals surface area contributed by atoms with E-state index in [2.05, 4.69) is 16.9 Å². The molecule has 4 nitrogen and oxygen atoms in total. The molecule has 1 aromatic heterocycles. The lowest BCUT2D eigenvalue weighted by atomic mass is 10.0. The number of unbranched alkanes of at least 4 members (excludes halogenated alkanes) is 1. The van der Waals surface area contributed by atoms with Crippen LogP contribution < -0.4 is 11.3 Å². The highest BCUT2D eigenvalue weighted by atomic mass is 16.1. The van der Waals surface area contributed by atoms with Gasteiger partial charge in [-0.25, -0.2) is 4.98 Å². The number of nitrogens with zero attached hydrogens (tertiary/aromatic N) is 1. The molecule has 1 aromatic carbocycles. The van der Waals surface area contributed by atoms with E-state index in [-0.39, 0.29) is 11.5 Å². The second kappa shape index (κ2) is 5.49. The quantitative estimate of drug-likeness (QED) is 0.865. The van der Waals surface area contributed by atoms with Crippen LogP contribution in [0.25, 0.3) is 11.3 Å². The number of anilines is 1. The third kappa shape index (κ3) is 2.59. The summed E-state index contributed by atoms with van der Waals surface area (Å²) in [4.78, 5) is 18.8. The molecule has 3 N–H and O–H groups in total. The topological polar surface area (TPSA) is 71.8 Å². The van der Waals surface area contributed by atoms with Crippen LogP contribution in [-0.2, 0) is 6.42 Å². The van der Waals surface area contributed by atoms with Crippen LogP contribution in [0, 0.1) is 0 Å². The molecule has 0 unspecified atom stereocenters. The molecule has 0 radical (unpaired) electrons. The van der Waals surface area contributed by atoms with Crippen molar-refractivity contribution in [2.75, 3.05) is 5.73 Å². The van der Waals surface area contributed by atoms with Crippen LogP contribution in [-0.4, -0.2) is 9.97 Å². The molecule has 0 spiro atoms. The zero-order valence-electron chi connectivity index (χ0n) is 10.4. The lowest BCUT2D eigenvalue weighted by Crippen LogP contribution is -2.18. The first-order valence-electron chi connectivity index (χ1n) is 6.16. The molecule has 0 aliphatic heterocycles. The van der Waals surface area contributed by atoms with Crippen molar-refractivity contribution in [3.05, 3.63) is 46.2 Å². The summed E-state index contributed by atoms with van der Waals surface area (Å²) in [6.07, 6.45) is 2.73. The summed E-state index contributed by atoms with van der Waals surface area (Å²) in [5.41, 5.74) is 7.85. The van der Waals surface area contributed by atoms with Gasteiger partial charge in [0, 0.05) is 11.1 Å². The summed E-state index contributed by atoms with van der Waals surface area (Å²) in [7, 11) is 0. The summed E-state index contributed by atoms with van der Waals surface area (Å²) in [6.45, 7) is 2.10. The molecule has 4 heteroatoms. The van der Waals surface area contributed by atoms with Gasteiger partial charge in [-0.15, -0.1) is 0 Å². The second-order valence-electron chi connectivity index (χ2n) is 4.25. The number of hydrogen-bond donors (Lipinski definition) is 2. The molecular weight excluding hydrogens is 226 g/mol. The largest absolute Gasteiger partial charge is 0.369 e. The zero-order chi connectivity index (χ0) is 13.0. The van der Waals surface area contributed by atoms with E-state index >= 15 is 0 Å². The lowest BCUT2D eigenvalue weighted by Gasteiger charge is -2.08. The van der Waals surface area contributed by atoms with E-state index in [1.165, 1.54) is 0 Å². The van der Waals surface area contributed by atoms with E-state index in [4.69, 9.17) is 5.73 Å². The molecule has 0 saturated heterocycles. The molecule has 2 aromatic rings. The third-order valence-electron chi connectivity index (χ3n) is 2.86. The summed E-state index contributed by atoms with van der Waals surface area (Å²) >= 11 is 0. The molecule has 0 aliphatic rings. The number of H-pyrrole nitrogens is 1. The van der Waals surface area contributed by atoms with Crippen LogP contribution >= 0.6 is 0 Å². The van der Waals surface area contributed by atoms with Gasteiger partial charge < -0.3 is 5.73 Å².